The van der Waals surface area contributed by atoms with Crippen molar-refractivity contribution in [3.63, 3.8) is 0 Å². The predicted molar refractivity (Wildman–Crippen MR) is 80.0 cm³/mol. The standard InChI is InChI=1S/C16H22N2O3/c1-16(2)10-13(16)18-15(21)17-12(14(19)20)9-8-11-6-4-3-5-7-11/h3-7,12-13H,8-10H2,1-2H3,(H,19,20)(H2,17,18,21)/t12-,13?/m0/s1. The average Bonchev–Trinajstić information content (AvgIpc) is 3.02. The van der Waals surface area contributed by atoms with Gasteiger partial charge in [-0.25, -0.2) is 9.59 Å². The van der Waals surface area contributed by atoms with Crippen LogP contribution in [0.3, 0.4) is 0 Å². The molecular formula is C16H22N2O3. The maximum Gasteiger partial charge on any atom is 0.326 e. The molecule has 0 aliphatic heterocycles. The molecule has 0 saturated heterocycles. The number of carbonyl (C=O) groups is 2. The van der Waals surface area contributed by atoms with Crippen LogP contribution < -0.4 is 10.6 Å². The normalized spacial score (nSPS) is 20.4. The van der Waals surface area contributed by atoms with Crippen LogP contribution >= 0.6 is 0 Å². The lowest BCUT2D eigenvalue weighted by Crippen LogP contribution is -2.47. The fourth-order valence-corrected chi connectivity index (χ4v) is 2.28. The Kier molecular flexibility index (Phi) is 4.50. The van der Waals surface area contributed by atoms with E-state index in [4.69, 9.17) is 0 Å². The van der Waals surface area contributed by atoms with E-state index in [0.29, 0.717) is 12.8 Å². The number of hydrogen-bond acceptors (Lipinski definition) is 2. The van der Waals surface area contributed by atoms with E-state index in [1.807, 2.05) is 30.3 Å². The van der Waals surface area contributed by atoms with Crippen molar-refractivity contribution in [1.82, 2.24) is 10.6 Å². The minimum Gasteiger partial charge on any atom is -0.480 e. The van der Waals surface area contributed by atoms with E-state index in [9.17, 15) is 14.7 Å². The molecule has 1 saturated carbocycles. The molecule has 0 bridgehead atoms. The monoisotopic (exact) mass is 290 g/mol. The van der Waals surface area contributed by atoms with Crippen LogP contribution in [0.5, 0.6) is 0 Å². The summed E-state index contributed by atoms with van der Waals surface area (Å²) < 4.78 is 0. The number of carboxylic acid groups (broad SMARTS) is 1. The van der Waals surface area contributed by atoms with Crippen molar-refractivity contribution in [3.05, 3.63) is 35.9 Å². The summed E-state index contributed by atoms with van der Waals surface area (Å²) in [6, 6.07) is 8.53. The Balaban J connectivity index is 1.82. The number of rotatable bonds is 6. The van der Waals surface area contributed by atoms with E-state index in [-0.39, 0.29) is 11.5 Å². The van der Waals surface area contributed by atoms with Crippen molar-refractivity contribution in [2.75, 3.05) is 0 Å². The second-order valence-corrected chi connectivity index (χ2v) is 6.28. The average molecular weight is 290 g/mol. The Hall–Kier alpha value is -2.04. The highest BCUT2D eigenvalue weighted by molar-refractivity contribution is 5.82. The molecule has 114 valence electrons. The van der Waals surface area contributed by atoms with Gasteiger partial charge < -0.3 is 15.7 Å². The topological polar surface area (TPSA) is 78.4 Å². The minimum absolute atomic E-state index is 0.125. The SMILES string of the molecule is CC1(C)CC1NC(=O)N[C@@H](CCc1ccccc1)C(=O)O. The van der Waals surface area contributed by atoms with Crippen LogP contribution in [-0.4, -0.2) is 29.2 Å². The van der Waals surface area contributed by atoms with Gasteiger partial charge in [0.05, 0.1) is 0 Å². The molecule has 0 spiro atoms. The molecule has 0 aromatic heterocycles. The van der Waals surface area contributed by atoms with Gasteiger partial charge in [0.1, 0.15) is 6.04 Å². The van der Waals surface area contributed by atoms with Crippen LogP contribution in [0.25, 0.3) is 0 Å². The Morgan fingerprint density at radius 1 is 1.33 bits per heavy atom. The minimum atomic E-state index is -1.00. The lowest BCUT2D eigenvalue weighted by molar-refractivity contribution is -0.139. The summed E-state index contributed by atoms with van der Waals surface area (Å²) in [5.74, 6) is -1.00. The van der Waals surface area contributed by atoms with Gasteiger partial charge in [0.15, 0.2) is 0 Å². The molecule has 2 rings (SSSR count). The van der Waals surface area contributed by atoms with Gasteiger partial charge in [-0.1, -0.05) is 44.2 Å². The maximum absolute atomic E-state index is 11.8. The van der Waals surface area contributed by atoms with E-state index in [1.54, 1.807) is 0 Å². The van der Waals surface area contributed by atoms with Crippen LogP contribution in [-0.2, 0) is 11.2 Å². The van der Waals surface area contributed by atoms with Gasteiger partial charge in [-0.2, -0.15) is 0 Å². The first-order chi connectivity index (χ1) is 9.88. The number of amides is 2. The molecular weight excluding hydrogens is 268 g/mol. The highest BCUT2D eigenvalue weighted by Gasteiger charge is 2.46. The second kappa shape index (κ2) is 6.16. The van der Waals surface area contributed by atoms with E-state index < -0.39 is 18.0 Å². The Morgan fingerprint density at radius 2 is 1.95 bits per heavy atom. The molecule has 0 radical (unpaired) electrons. The third-order valence-corrected chi connectivity index (χ3v) is 3.99. The Morgan fingerprint density at radius 3 is 2.48 bits per heavy atom. The molecule has 5 nitrogen and oxygen atoms in total. The number of aliphatic carboxylic acids is 1. The number of hydrogen-bond donors (Lipinski definition) is 3. The summed E-state index contributed by atoms with van der Waals surface area (Å²) in [7, 11) is 0. The quantitative estimate of drug-likeness (QED) is 0.751. The zero-order chi connectivity index (χ0) is 15.5. The third-order valence-electron chi connectivity index (χ3n) is 3.99. The van der Waals surface area contributed by atoms with Crippen molar-refractivity contribution < 1.29 is 14.7 Å². The molecule has 5 heteroatoms. The summed E-state index contributed by atoms with van der Waals surface area (Å²) in [5.41, 5.74) is 1.19. The summed E-state index contributed by atoms with van der Waals surface area (Å²) in [6.45, 7) is 4.14. The molecule has 1 aliphatic carbocycles. The van der Waals surface area contributed by atoms with Gasteiger partial charge in [-0.3, -0.25) is 0 Å². The predicted octanol–water partition coefficient (Wildman–Crippen LogP) is 2.17. The Labute approximate surface area is 124 Å². The van der Waals surface area contributed by atoms with Crippen molar-refractivity contribution in [3.8, 4) is 0 Å². The second-order valence-electron chi connectivity index (χ2n) is 6.28. The fourth-order valence-electron chi connectivity index (χ4n) is 2.28. The first-order valence-corrected chi connectivity index (χ1v) is 7.22. The molecule has 3 N–H and O–H groups in total. The summed E-state index contributed by atoms with van der Waals surface area (Å²) >= 11 is 0. The zero-order valence-electron chi connectivity index (χ0n) is 12.4. The van der Waals surface area contributed by atoms with Crippen molar-refractivity contribution in [2.24, 2.45) is 5.41 Å². The first-order valence-electron chi connectivity index (χ1n) is 7.22. The number of benzene rings is 1. The van der Waals surface area contributed by atoms with Gasteiger partial charge in [-0.05, 0) is 30.2 Å². The number of nitrogens with one attached hydrogen (secondary N) is 2. The van der Waals surface area contributed by atoms with Crippen LogP contribution in [0.4, 0.5) is 4.79 Å². The largest absolute Gasteiger partial charge is 0.480 e. The van der Waals surface area contributed by atoms with Gasteiger partial charge in [0.2, 0.25) is 0 Å². The Bertz CT molecular complexity index is 514. The zero-order valence-corrected chi connectivity index (χ0v) is 12.4. The highest BCUT2D eigenvalue weighted by Crippen LogP contribution is 2.44. The number of carbonyl (C=O) groups excluding carboxylic acids is 1. The summed E-state index contributed by atoms with van der Waals surface area (Å²) in [5, 5.41) is 14.6. The van der Waals surface area contributed by atoms with Gasteiger partial charge in [0, 0.05) is 6.04 Å². The summed E-state index contributed by atoms with van der Waals surface area (Å²) in [6.07, 6.45) is 1.93. The number of carboxylic acids is 1. The van der Waals surface area contributed by atoms with Gasteiger partial charge in [0.25, 0.3) is 0 Å². The molecule has 1 fully saturated rings. The van der Waals surface area contributed by atoms with Crippen LogP contribution in [0, 0.1) is 5.41 Å². The molecule has 1 aromatic rings. The third kappa shape index (κ3) is 4.48. The lowest BCUT2D eigenvalue weighted by Gasteiger charge is -2.15. The van der Waals surface area contributed by atoms with Gasteiger partial charge in [-0.15, -0.1) is 0 Å². The van der Waals surface area contributed by atoms with E-state index in [0.717, 1.165) is 12.0 Å². The molecule has 0 heterocycles. The molecule has 21 heavy (non-hydrogen) atoms. The number of urea groups is 1. The van der Waals surface area contributed by atoms with Crippen molar-refractivity contribution in [2.45, 2.75) is 45.2 Å². The molecule has 2 atom stereocenters. The van der Waals surface area contributed by atoms with E-state index >= 15 is 0 Å². The van der Waals surface area contributed by atoms with E-state index in [1.165, 1.54) is 0 Å². The number of aryl methyl sites for hydroxylation is 1. The fraction of sp³-hybridized carbons (Fsp3) is 0.500. The summed E-state index contributed by atoms with van der Waals surface area (Å²) in [4.78, 5) is 23.1. The maximum atomic E-state index is 11.8. The van der Waals surface area contributed by atoms with Gasteiger partial charge >= 0.3 is 12.0 Å². The van der Waals surface area contributed by atoms with Crippen molar-refractivity contribution >= 4 is 12.0 Å². The molecule has 2 amide bonds. The highest BCUT2D eigenvalue weighted by atomic mass is 16.4. The lowest BCUT2D eigenvalue weighted by atomic mass is 10.1. The van der Waals surface area contributed by atoms with Crippen LogP contribution in [0.1, 0.15) is 32.3 Å². The molecule has 1 aromatic carbocycles. The smallest absolute Gasteiger partial charge is 0.326 e. The van der Waals surface area contributed by atoms with E-state index in [2.05, 4.69) is 24.5 Å². The molecule has 1 unspecified atom stereocenters. The first kappa shape index (κ1) is 15.4. The van der Waals surface area contributed by atoms with Crippen LogP contribution in [0.15, 0.2) is 30.3 Å². The molecule has 1 aliphatic rings. The van der Waals surface area contributed by atoms with Crippen molar-refractivity contribution in [1.29, 1.82) is 0 Å². The van der Waals surface area contributed by atoms with Crippen LogP contribution in [0.2, 0.25) is 0 Å².